The smallest absolute Gasteiger partial charge is 0.309 e. The maximum absolute atomic E-state index is 13.1. The number of aryl methyl sites for hydroxylation is 1. The van der Waals surface area contributed by atoms with Crippen LogP contribution < -0.4 is 4.74 Å². The summed E-state index contributed by atoms with van der Waals surface area (Å²) in [5.74, 6) is -0.108. The number of nitro groups is 1. The molecule has 2 heterocycles. The van der Waals surface area contributed by atoms with E-state index in [-0.39, 0.29) is 34.9 Å². The molecular weight excluding hydrogens is 440 g/mol. The van der Waals surface area contributed by atoms with Crippen molar-refractivity contribution in [1.82, 2.24) is 4.90 Å². The van der Waals surface area contributed by atoms with Gasteiger partial charge in [-0.25, -0.2) is 0 Å². The van der Waals surface area contributed by atoms with E-state index in [1.54, 1.807) is 32.0 Å². The van der Waals surface area contributed by atoms with Crippen molar-refractivity contribution in [3.63, 3.8) is 0 Å². The number of non-ortho nitro benzene ring substituents is 1. The molecule has 34 heavy (non-hydrogen) atoms. The summed E-state index contributed by atoms with van der Waals surface area (Å²) in [5, 5.41) is 21.5. The van der Waals surface area contributed by atoms with Gasteiger partial charge in [0.05, 0.1) is 28.6 Å². The van der Waals surface area contributed by atoms with Gasteiger partial charge in [0.25, 0.3) is 5.69 Å². The number of nitro benzene ring substituents is 1. The predicted octanol–water partition coefficient (Wildman–Crippen LogP) is 4.00. The van der Waals surface area contributed by atoms with E-state index in [0.29, 0.717) is 67.1 Å². The minimum Gasteiger partial charge on any atom is -0.507 e. The van der Waals surface area contributed by atoms with Crippen molar-refractivity contribution in [3.05, 3.63) is 68.5 Å². The van der Waals surface area contributed by atoms with Crippen molar-refractivity contribution < 1.29 is 29.1 Å². The number of Topliss-reactive ketones (excluding diaryl/α,β-unsaturated/α-hetero) is 1. The molecule has 0 radical (unpaired) electrons. The molecule has 9 nitrogen and oxygen atoms in total. The highest BCUT2D eigenvalue weighted by Gasteiger charge is 2.34. The van der Waals surface area contributed by atoms with Crippen LogP contribution in [-0.2, 0) is 16.1 Å². The van der Waals surface area contributed by atoms with Crippen LogP contribution in [0, 0.1) is 23.0 Å². The van der Waals surface area contributed by atoms with Gasteiger partial charge in [-0.05, 0) is 75.2 Å². The van der Waals surface area contributed by atoms with Crippen LogP contribution in [0.25, 0.3) is 6.08 Å². The van der Waals surface area contributed by atoms with E-state index in [4.69, 9.17) is 9.47 Å². The van der Waals surface area contributed by atoms with Crippen molar-refractivity contribution in [1.29, 1.82) is 0 Å². The summed E-state index contributed by atoms with van der Waals surface area (Å²) in [7, 11) is 0. The average molecular weight is 466 g/mol. The maximum Gasteiger partial charge on any atom is 0.309 e. The summed E-state index contributed by atoms with van der Waals surface area (Å²) in [6.45, 7) is 5.59. The molecule has 0 aliphatic carbocycles. The fraction of sp³-hybridized carbons (Fsp3) is 0.360. The third kappa shape index (κ3) is 4.65. The Morgan fingerprint density at radius 1 is 1.29 bits per heavy atom. The van der Waals surface area contributed by atoms with E-state index in [9.17, 15) is 24.8 Å². The SMILES string of the molecule is CCOC(=O)C1CCN(Cc2c(O)cc(C)c3c2O/C(=C/c2ccc([N+](=O)[O-])cc2)C3=O)CC1. The lowest BCUT2D eigenvalue weighted by Gasteiger charge is -2.31. The number of aromatic hydroxyl groups is 1. The summed E-state index contributed by atoms with van der Waals surface area (Å²) in [4.78, 5) is 37.6. The number of nitrogens with zero attached hydrogens (tertiary/aromatic N) is 2. The lowest BCUT2D eigenvalue weighted by molar-refractivity contribution is -0.384. The molecule has 1 fully saturated rings. The number of esters is 1. The Morgan fingerprint density at radius 2 is 1.97 bits per heavy atom. The highest BCUT2D eigenvalue weighted by Crippen LogP contribution is 2.42. The zero-order valence-corrected chi connectivity index (χ0v) is 19.1. The molecule has 0 atom stereocenters. The fourth-order valence-corrected chi connectivity index (χ4v) is 4.39. The Labute approximate surface area is 196 Å². The van der Waals surface area contributed by atoms with E-state index in [1.165, 1.54) is 18.2 Å². The van der Waals surface area contributed by atoms with E-state index in [1.807, 2.05) is 0 Å². The number of hydrogen-bond donors (Lipinski definition) is 1. The molecule has 0 saturated carbocycles. The van der Waals surface area contributed by atoms with Crippen LogP contribution in [0.1, 0.15) is 46.8 Å². The van der Waals surface area contributed by atoms with Crippen molar-refractivity contribution in [3.8, 4) is 11.5 Å². The highest BCUT2D eigenvalue weighted by atomic mass is 16.6. The van der Waals surface area contributed by atoms with Gasteiger partial charge >= 0.3 is 5.97 Å². The molecule has 0 bridgehead atoms. The van der Waals surface area contributed by atoms with Crippen LogP contribution in [-0.4, -0.2) is 46.4 Å². The van der Waals surface area contributed by atoms with Crippen molar-refractivity contribution in [2.24, 2.45) is 5.92 Å². The summed E-state index contributed by atoms with van der Waals surface area (Å²) >= 11 is 0. The molecule has 2 aliphatic heterocycles. The van der Waals surface area contributed by atoms with Crippen molar-refractivity contribution in [2.45, 2.75) is 33.2 Å². The average Bonchev–Trinajstić information content (AvgIpc) is 3.13. The van der Waals surface area contributed by atoms with E-state index in [0.717, 1.165) is 0 Å². The number of carbonyl (C=O) groups excluding carboxylic acids is 2. The summed E-state index contributed by atoms with van der Waals surface area (Å²) in [6.07, 6.45) is 2.87. The largest absolute Gasteiger partial charge is 0.507 e. The molecule has 2 aromatic carbocycles. The summed E-state index contributed by atoms with van der Waals surface area (Å²) in [5.41, 5.74) is 2.08. The normalized spacial score (nSPS) is 17.5. The molecule has 1 N–H and O–H groups in total. The van der Waals surface area contributed by atoms with Crippen LogP contribution >= 0.6 is 0 Å². The number of phenols is 1. The Morgan fingerprint density at radius 3 is 2.59 bits per heavy atom. The molecule has 2 aliphatic rings. The number of piperidine rings is 1. The first-order chi connectivity index (χ1) is 16.3. The Balaban J connectivity index is 1.54. The Kier molecular flexibility index (Phi) is 6.65. The minimum atomic E-state index is -0.488. The molecule has 0 amide bonds. The molecule has 0 spiro atoms. The number of ketones is 1. The highest BCUT2D eigenvalue weighted by molar-refractivity contribution is 6.15. The quantitative estimate of drug-likeness (QED) is 0.294. The lowest BCUT2D eigenvalue weighted by Crippen LogP contribution is -2.36. The molecule has 1 saturated heterocycles. The third-order valence-electron chi connectivity index (χ3n) is 6.21. The molecule has 4 rings (SSSR count). The molecule has 178 valence electrons. The van der Waals surface area contributed by atoms with Gasteiger partial charge in [-0.3, -0.25) is 24.6 Å². The topological polar surface area (TPSA) is 119 Å². The van der Waals surface area contributed by atoms with E-state index >= 15 is 0 Å². The van der Waals surface area contributed by atoms with Crippen LogP contribution in [0.2, 0.25) is 0 Å². The van der Waals surface area contributed by atoms with Gasteiger partial charge in [0.2, 0.25) is 5.78 Å². The minimum absolute atomic E-state index is 0.0427. The fourth-order valence-electron chi connectivity index (χ4n) is 4.39. The number of ether oxygens (including phenoxy) is 2. The van der Waals surface area contributed by atoms with Gasteiger partial charge in [0.1, 0.15) is 11.5 Å². The van der Waals surface area contributed by atoms with Gasteiger partial charge < -0.3 is 14.6 Å². The van der Waals surface area contributed by atoms with Gasteiger partial charge in [-0.2, -0.15) is 0 Å². The molecule has 2 aromatic rings. The van der Waals surface area contributed by atoms with E-state index < -0.39 is 4.92 Å². The Bertz CT molecular complexity index is 1160. The number of carbonyl (C=O) groups is 2. The molecule has 9 heteroatoms. The number of benzene rings is 2. The number of likely N-dealkylation sites (tertiary alicyclic amines) is 1. The van der Waals surface area contributed by atoms with Crippen LogP contribution in [0.3, 0.4) is 0 Å². The monoisotopic (exact) mass is 466 g/mol. The van der Waals surface area contributed by atoms with Crippen LogP contribution in [0.4, 0.5) is 5.69 Å². The van der Waals surface area contributed by atoms with Gasteiger partial charge in [0, 0.05) is 18.7 Å². The van der Waals surface area contributed by atoms with Crippen molar-refractivity contribution in [2.75, 3.05) is 19.7 Å². The number of fused-ring (bicyclic) bond motifs is 1. The first-order valence-electron chi connectivity index (χ1n) is 11.2. The van der Waals surface area contributed by atoms with Gasteiger partial charge in [-0.1, -0.05) is 0 Å². The first kappa shape index (κ1) is 23.4. The number of allylic oxidation sites excluding steroid dienone is 1. The first-order valence-corrected chi connectivity index (χ1v) is 11.2. The molecular formula is C25H26N2O7. The predicted molar refractivity (Wildman–Crippen MR) is 124 cm³/mol. The molecule has 0 unspecified atom stereocenters. The number of rotatable bonds is 6. The van der Waals surface area contributed by atoms with Gasteiger partial charge in [0.15, 0.2) is 5.76 Å². The second-order valence-electron chi connectivity index (χ2n) is 8.49. The standard InChI is InChI=1S/C25H26N2O7/c1-3-33-25(30)17-8-10-26(11-9-17)14-19-20(28)12-15(2)22-23(29)21(34-24(19)22)13-16-4-6-18(7-5-16)27(31)32/h4-7,12-13,17,28H,3,8-11,14H2,1-2H3/b21-13+. The van der Waals surface area contributed by atoms with Crippen LogP contribution in [0.5, 0.6) is 11.5 Å². The maximum atomic E-state index is 13.1. The zero-order valence-electron chi connectivity index (χ0n) is 19.1. The number of hydrogen-bond acceptors (Lipinski definition) is 8. The van der Waals surface area contributed by atoms with E-state index in [2.05, 4.69) is 4.90 Å². The number of phenolic OH excluding ortho intramolecular Hbond substituents is 1. The second-order valence-corrected chi connectivity index (χ2v) is 8.49. The summed E-state index contributed by atoms with van der Waals surface area (Å²) in [6, 6.07) is 7.38. The van der Waals surface area contributed by atoms with Gasteiger partial charge in [-0.15, -0.1) is 0 Å². The lowest BCUT2D eigenvalue weighted by atomic mass is 9.95. The third-order valence-corrected chi connectivity index (χ3v) is 6.21. The van der Waals surface area contributed by atoms with Crippen LogP contribution in [0.15, 0.2) is 36.1 Å². The summed E-state index contributed by atoms with van der Waals surface area (Å²) < 4.78 is 11.1. The Hall–Kier alpha value is -3.72. The van der Waals surface area contributed by atoms with Crippen molar-refractivity contribution >= 4 is 23.5 Å². The molecule has 0 aromatic heterocycles. The second kappa shape index (κ2) is 9.64. The zero-order chi connectivity index (χ0) is 24.4.